The van der Waals surface area contributed by atoms with Crippen LogP contribution in [-0.4, -0.2) is 18.6 Å². The van der Waals surface area contributed by atoms with Crippen molar-refractivity contribution in [2.75, 3.05) is 7.11 Å². The zero-order chi connectivity index (χ0) is 9.14. The minimum absolute atomic E-state index is 0.0440. The van der Waals surface area contributed by atoms with E-state index in [1.165, 1.54) is 7.11 Å². The van der Waals surface area contributed by atoms with Crippen LogP contribution in [0, 0.1) is 0 Å². The van der Waals surface area contributed by atoms with Crippen LogP contribution >= 0.6 is 0 Å². The van der Waals surface area contributed by atoms with E-state index in [4.69, 9.17) is 0 Å². The molecular formula is C9H11NO2. The van der Waals surface area contributed by atoms with Gasteiger partial charge >= 0.3 is 0 Å². The quantitative estimate of drug-likeness (QED) is 0.436. The van der Waals surface area contributed by atoms with E-state index < -0.39 is 0 Å². The van der Waals surface area contributed by atoms with Gasteiger partial charge in [-0.05, 0) is 37.1 Å². The monoisotopic (exact) mass is 165 g/mol. The number of allylic oxidation sites excluding steroid dienone is 4. The molecule has 3 nitrogen and oxygen atoms in total. The molecule has 1 rings (SSSR count). The van der Waals surface area contributed by atoms with E-state index in [0.29, 0.717) is 5.57 Å². The minimum Gasteiger partial charge on any atom is -0.399 e. The molecule has 0 saturated carbocycles. The summed E-state index contributed by atoms with van der Waals surface area (Å²) < 4.78 is 0. The molecule has 0 unspecified atom stereocenters. The highest BCUT2D eigenvalue weighted by atomic mass is 16.6. The normalized spacial score (nSPS) is 20.6. The molecule has 1 aliphatic carbocycles. The molecule has 0 spiro atoms. The number of ketones is 1. The Morgan fingerprint density at radius 2 is 1.92 bits per heavy atom. The topological polar surface area (TPSA) is 38.7 Å². The zero-order valence-corrected chi connectivity index (χ0v) is 7.42. The van der Waals surface area contributed by atoms with Gasteiger partial charge in [0.05, 0.1) is 0 Å². The first kappa shape index (κ1) is 8.71. The van der Waals surface area contributed by atoms with Crippen LogP contribution in [0.2, 0.25) is 0 Å². The lowest BCUT2D eigenvalue weighted by Gasteiger charge is -2.07. The van der Waals surface area contributed by atoms with Crippen molar-refractivity contribution in [3.63, 3.8) is 0 Å². The fourth-order valence-corrected chi connectivity index (χ4v) is 0.971. The van der Waals surface area contributed by atoms with E-state index in [0.717, 1.165) is 11.3 Å². The highest BCUT2D eigenvalue weighted by molar-refractivity contribution is 6.21. The molecule has 0 amide bonds. The number of nitrogens with zero attached hydrogens (tertiary/aromatic N) is 1. The van der Waals surface area contributed by atoms with Gasteiger partial charge in [-0.1, -0.05) is 5.16 Å². The molecule has 0 bridgehead atoms. The van der Waals surface area contributed by atoms with Crippen LogP contribution in [-0.2, 0) is 9.63 Å². The number of hydrogen-bond acceptors (Lipinski definition) is 3. The first-order valence-corrected chi connectivity index (χ1v) is 3.67. The van der Waals surface area contributed by atoms with Crippen molar-refractivity contribution in [3.8, 4) is 0 Å². The van der Waals surface area contributed by atoms with Gasteiger partial charge in [-0.15, -0.1) is 0 Å². The van der Waals surface area contributed by atoms with Gasteiger partial charge in [-0.25, -0.2) is 0 Å². The third-order valence-electron chi connectivity index (χ3n) is 1.68. The van der Waals surface area contributed by atoms with Crippen molar-refractivity contribution in [1.82, 2.24) is 0 Å². The van der Waals surface area contributed by atoms with E-state index in [2.05, 4.69) is 9.99 Å². The van der Waals surface area contributed by atoms with Crippen LogP contribution in [0.5, 0.6) is 0 Å². The number of hydrogen-bond donors (Lipinski definition) is 0. The molecule has 0 heterocycles. The van der Waals surface area contributed by atoms with Gasteiger partial charge < -0.3 is 4.84 Å². The fourth-order valence-electron chi connectivity index (χ4n) is 0.971. The van der Waals surface area contributed by atoms with Crippen molar-refractivity contribution in [2.24, 2.45) is 5.16 Å². The lowest BCUT2D eigenvalue weighted by atomic mass is 9.99. The summed E-state index contributed by atoms with van der Waals surface area (Å²) in [6.45, 7) is 3.59. The predicted molar refractivity (Wildman–Crippen MR) is 47.0 cm³/mol. The lowest BCUT2D eigenvalue weighted by Crippen LogP contribution is -2.10. The third-order valence-corrected chi connectivity index (χ3v) is 1.68. The molecular weight excluding hydrogens is 154 g/mol. The van der Waals surface area contributed by atoms with E-state index in [-0.39, 0.29) is 5.78 Å². The maximum atomic E-state index is 11.1. The van der Waals surface area contributed by atoms with Crippen molar-refractivity contribution >= 4 is 11.5 Å². The van der Waals surface area contributed by atoms with Crippen molar-refractivity contribution in [3.05, 3.63) is 23.3 Å². The average molecular weight is 165 g/mol. The molecule has 0 aromatic rings. The van der Waals surface area contributed by atoms with Gasteiger partial charge in [0.2, 0.25) is 0 Å². The Labute approximate surface area is 71.4 Å². The molecule has 0 aliphatic heterocycles. The zero-order valence-electron chi connectivity index (χ0n) is 7.42. The Morgan fingerprint density at radius 1 is 1.25 bits per heavy atom. The Balaban J connectivity index is 3.00. The maximum Gasteiger partial charge on any atom is 0.181 e. The molecule has 0 N–H and O–H groups in total. The van der Waals surface area contributed by atoms with Gasteiger partial charge in [-0.2, -0.15) is 0 Å². The second kappa shape index (κ2) is 3.34. The minimum atomic E-state index is 0.0440. The SMILES string of the molecule is CO/N=C1/C=C(C)C(=O)C=C1C. The second-order valence-corrected chi connectivity index (χ2v) is 2.68. The second-order valence-electron chi connectivity index (χ2n) is 2.68. The molecule has 1 aliphatic rings. The van der Waals surface area contributed by atoms with E-state index in [1.807, 2.05) is 6.92 Å². The standard InChI is InChI=1S/C9H11NO2/c1-6-5-9(11)7(2)4-8(6)10-12-3/h4-5H,1-3H3/b10-8-. The fraction of sp³-hybridized carbons (Fsp3) is 0.333. The Bertz CT molecular complexity index is 298. The first-order chi connectivity index (χ1) is 5.65. The first-order valence-electron chi connectivity index (χ1n) is 3.67. The van der Waals surface area contributed by atoms with Crippen LogP contribution < -0.4 is 0 Å². The summed E-state index contributed by atoms with van der Waals surface area (Å²) in [4.78, 5) is 15.7. The van der Waals surface area contributed by atoms with Crippen LogP contribution in [0.1, 0.15) is 13.8 Å². The number of oxime groups is 1. The van der Waals surface area contributed by atoms with Gasteiger partial charge in [0.1, 0.15) is 12.8 Å². The van der Waals surface area contributed by atoms with Crippen molar-refractivity contribution in [2.45, 2.75) is 13.8 Å². The largest absolute Gasteiger partial charge is 0.399 e. The summed E-state index contributed by atoms with van der Waals surface area (Å²) in [5.74, 6) is 0.0440. The number of rotatable bonds is 1. The molecule has 0 fully saturated rings. The van der Waals surface area contributed by atoms with Crippen molar-refractivity contribution < 1.29 is 9.63 Å². The molecule has 0 aromatic heterocycles. The number of carbonyl (C=O) groups excluding carboxylic acids is 1. The molecule has 0 atom stereocenters. The molecule has 0 aromatic carbocycles. The van der Waals surface area contributed by atoms with Gasteiger partial charge in [-0.3, -0.25) is 4.79 Å². The highest BCUT2D eigenvalue weighted by Gasteiger charge is 2.12. The maximum absolute atomic E-state index is 11.1. The molecule has 0 radical (unpaired) electrons. The van der Waals surface area contributed by atoms with E-state index in [1.54, 1.807) is 19.1 Å². The summed E-state index contributed by atoms with van der Waals surface area (Å²) in [6.07, 6.45) is 3.29. The molecule has 0 saturated heterocycles. The molecule has 64 valence electrons. The van der Waals surface area contributed by atoms with Gasteiger partial charge in [0.15, 0.2) is 5.78 Å². The van der Waals surface area contributed by atoms with Crippen molar-refractivity contribution in [1.29, 1.82) is 0 Å². The van der Waals surface area contributed by atoms with E-state index in [9.17, 15) is 4.79 Å². The van der Waals surface area contributed by atoms with Crippen LogP contribution in [0.3, 0.4) is 0 Å². The van der Waals surface area contributed by atoms with Gasteiger partial charge in [0.25, 0.3) is 0 Å². The van der Waals surface area contributed by atoms with E-state index >= 15 is 0 Å². The Kier molecular flexibility index (Phi) is 2.43. The average Bonchev–Trinajstić information content (AvgIpc) is 2.01. The smallest absolute Gasteiger partial charge is 0.181 e. The van der Waals surface area contributed by atoms with Crippen LogP contribution in [0.15, 0.2) is 28.5 Å². The summed E-state index contributed by atoms with van der Waals surface area (Å²) in [6, 6.07) is 0. The lowest BCUT2D eigenvalue weighted by molar-refractivity contribution is -0.111. The molecule has 12 heavy (non-hydrogen) atoms. The summed E-state index contributed by atoms with van der Waals surface area (Å²) in [5.41, 5.74) is 2.25. The van der Waals surface area contributed by atoms with Gasteiger partial charge in [0, 0.05) is 0 Å². The third kappa shape index (κ3) is 1.61. The van der Waals surface area contributed by atoms with Crippen LogP contribution in [0.25, 0.3) is 0 Å². The predicted octanol–water partition coefficient (Wildman–Crippen LogP) is 1.46. The summed E-state index contributed by atoms with van der Waals surface area (Å²) >= 11 is 0. The summed E-state index contributed by atoms with van der Waals surface area (Å²) in [5, 5.41) is 3.77. The summed E-state index contributed by atoms with van der Waals surface area (Å²) in [7, 11) is 1.49. The highest BCUT2D eigenvalue weighted by Crippen LogP contribution is 2.11. The number of carbonyl (C=O) groups is 1. The Hall–Kier alpha value is -1.38. The molecule has 3 heteroatoms. The Morgan fingerprint density at radius 3 is 2.50 bits per heavy atom. The van der Waals surface area contributed by atoms with Crippen LogP contribution in [0.4, 0.5) is 0 Å².